The van der Waals surface area contributed by atoms with Crippen LogP contribution in [0.4, 0.5) is 20.3 Å². The van der Waals surface area contributed by atoms with Gasteiger partial charge < -0.3 is 10.6 Å². The Labute approximate surface area is 121 Å². The summed E-state index contributed by atoms with van der Waals surface area (Å²) < 4.78 is 26.2. The minimum absolute atomic E-state index is 0.0679. The largest absolute Gasteiger partial charge is 0.373 e. The Kier molecular flexibility index (Phi) is 4.47. The van der Waals surface area contributed by atoms with Crippen LogP contribution in [-0.2, 0) is 6.42 Å². The highest BCUT2D eigenvalue weighted by atomic mass is 19.1. The summed E-state index contributed by atoms with van der Waals surface area (Å²) in [6, 6.07) is 6.08. The molecule has 0 unspecified atom stereocenters. The number of nitrogens with zero attached hydrogens (tertiary/aromatic N) is 1. The third-order valence-electron chi connectivity index (χ3n) is 2.88. The third kappa shape index (κ3) is 3.75. The molecule has 0 atom stereocenters. The normalized spacial score (nSPS) is 10.3. The first-order valence-electron chi connectivity index (χ1n) is 6.48. The highest BCUT2D eigenvalue weighted by Gasteiger charge is 2.11. The molecule has 0 radical (unpaired) electrons. The van der Waals surface area contributed by atoms with Crippen molar-refractivity contribution in [1.82, 2.24) is 4.98 Å². The van der Waals surface area contributed by atoms with Gasteiger partial charge in [-0.15, -0.1) is 0 Å². The molecular formula is C15H15F2N3O. The molecule has 21 heavy (non-hydrogen) atoms. The van der Waals surface area contributed by atoms with Gasteiger partial charge in [0.1, 0.15) is 17.5 Å². The highest BCUT2D eigenvalue weighted by Crippen LogP contribution is 2.16. The second-order valence-corrected chi connectivity index (χ2v) is 4.45. The summed E-state index contributed by atoms with van der Waals surface area (Å²) in [5.41, 5.74) is 1.19. The highest BCUT2D eigenvalue weighted by molar-refractivity contribution is 6.04. The minimum atomic E-state index is -0.745. The number of pyridine rings is 1. The standard InChI is InChI=1S/C15H15F2N3O/c1-3-12-4-9(5-14(18-2)19-12)15(21)20-13-7-10(16)6-11(17)8-13/h4-8H,3H2,1-2H3,(H,18,19)(H,20,21). The van der Waals surface area contributed by atoms with Crippen LogP contribution < -0.4 is 10.6 Å². The number of aromatic nitrogens is 1. The molecule has 0 saturated carbocycles. The van der Waals surface area contributed by atoms with E-state index in [1.54, 1.807) is 19.2 Å². The number of halogens is 2. The van der Waals surface area contributed by atoms with E-state index in [4.69, 9.17) is 0 Å². The molecule has 0 spiro atoms. The van der Waals surface area contributed by atoms with Crippen LogP contribution in [-0.4, -0.2) is 17.9 Å². The summed E-state index contributed by atoms with van der Waals surface area (Å²) in [7, 11) is 1.70. The van der Waals surface area contributed by atoms with Crippen molar-refractivity contribution in [3.8, 4) is 0 Å². The van der Waals surface area contributed by atoms with Crippen LogP contribution in [0.3, 0.4) is 0 Å². The third-order valence-corrected chi connectivity index (χ3v) is 2.88. The van der Waals surface area contributed by atoms with Gasteiger partial charge in [-0.25, -0.2) is 13.8 Å². The summed E-state index contributed by atoms with van der Waals surface area (Å²) in [5.74, 6) is -1.38. The van der Waals surface area contributed by atoms with Gasteiger partial charge in [0, 0.05) is 30.1 Å². The predicted molar refractivity (Wildman–Crippen MR) is 77.5 cm³/mol. The molecule has 1 heterocycles. The van der Waals surface area contributed by atoms with Crippen molar-refractivity contribution in [2.45, 2.75) is 13.3 Å². The first kappa shape index (κ1) is 14.9. The number of carbonyl (C=O) groups is 1. The summed E-state index contributed by atoms with van der Waals surface area (Å²) >= 11 is 0. The van der Waals surface area contributed by atoms with Gasteiger partial charge >= 0.3 is 0 Å². The number of hydrogen-bond donors (Lipinski definition) is 2. The van der Waals surface area contributed by atoms with Crippen molar-refractivity contribution in [1.29, 1.82) is 0 Å². The van der Waals surface area contributed by atoms with Crippen LogP contribution in [0.25, 0.3) is 0 Å². The summed E-state index contributed by atoms with van der Waals surface area (Å²) in [4.78, 5) is 16.4. The van der Waals surface area contributed by atoms with Crippen molar-refractivity contribution in [2.75, 3.05) is 17.7 Å². The van der Waals surface area contributed by atoms with Crippen LogP contribution in [0.5, 0.6) is 0 Å². The van der Waals surface area contributed by atoms with E-state index in [-0.39, 0.29) is 5.69 Å². The van der Waals surface area contributed by atoms with Gasteiger partial charge in [0.25, 0.3) is 5.91 Å². The van der Waals surface area contributed by atoms with E-state index in [1.807, 2.05) is 6.92 Å². The minimum Gasteiger partial charge on any atom is -0.373 e. The zero-order valence-corrected chi connectivity index (χ0v) is 11.7. The number of anilines is 2. The van der Waals surface area contributed by atoms with Crippen LogP contribution in [0, 0.1) is 11.6 Å². The lowest BCUT2D eigenvalue weighted by Gasteiger charge is -2.09. The summed E-state index contributed by atoms with van der Waals surface area (Å²) in [6.45, 7) is 1.92. The fourth-order valence-corrected chi connectivity index (χ4v) is 1.86. The maximum absolute atomic E-state index is 13.1. The second kappa shape index (κ2) is 6.30. The Morgan fingerprint density at radius 2 is 1.81 bits per heavy atom. The quantitative estimate of drug-likeness (QED) is 0.909. The number of benzene rings is 1. The van der Waals surface area contributed by atoms with E-state index in [1.165, 1.54) is 0 Å². The van der Waals surface area contributed by atoms with E-state index >= 15 is 0 Å². The molecule has 2 N–H and O–H groups in total. The Bertz CT molecular complexity index is 631. The van der Waals surface area contributed by atoms with Gasteiger partial charge in [-0.05, 0) is 30.7 Å². The number of amides is 1. The van der Waals surface area contributed by atoms with E-state index in [2.05, 4.69) is 15.6 Å². The molecule has 0 aliphatic rings. The molecule has 0 saturated heterocycles. The first-order valence-corrected chi connectivity index (χ1v) is 6.48. The number of rotatable bonds is 4. The molecule has 6 heteroatoms. The monoisotopic (exact) mass is 291 g/mol. The molecule has 0 aliphatic heterocycles. The van der Waals surface area contributed by atoms with Gasteiger partial charge in [-0.2, -0.15) is 0 Å². The SMILES string of the molecule is CCc1cc(C(=O)Nc2cc(F)cc(F)c2)cc(NC)n1. The van der Waals surface area contributed by atoms with Crippen molar-refractivity contribution >= 4 is 17.4 Å². The maximum atomic E-state index is 13.1. The Morgan fingerprint density at radius 3 is 2.38 bits per heavy atom. The van der Waals surface area contributed by atoms with Gasteiger partial charge in [-0.3, -0.25) is 4.79 Å². The van der Waals surface area contributed by atoms with Crippen LogP contribution >= 0.6 is 0 Å². The predicted octanol–water partition coefficient (Wildman–Crippen LogP) is 3.22. The number of carbonyl (C=O) groups excluding carboxylic acids is 1. The zero-order chi connectivity index (χ0) is 15.4. The topological polar surface area (TPSA) is 54.0 Å². The van der Waals surface area contributed by atoms with E-state index in [0.717, 1.165) is 23.9 Å². The molecule has 0 aliphatic carbocycles. The lowest BCUT2D eigenvalue weighted by atomic mass is 10.1. The Balaban J connectivity index is 2.27. The number of hydrogen-bond acceptors (Lipinski definition) is 3. The molecule has 0 bridgehead atoms. The molecule has 0 fully saturated rings. The van der Waals surface area contributed by atoms with Crippen LogP contribution in [0.1, 0.15) is 23.0 Å². The van der Waals surface area contributed by atoms with Crippen molar-refractivity contribution in [2.24, 2.45) is 0 Å². The number of nitrogens with one attached hydrogen (secondary N) is 2. The lowest BCUT2D eigenvalue weighted by molar-refractivity contribution is 0.102. The molecule has 4 nitrogen and oxygen atoms in total. The van der Waals surface area contributed by atoms with Crippen molar-refractivity contribution < 1.29 is 13.6 Å². The molecule has 1 amide bonds. The fourth-order valence-electron chi connectivity index (χ4n) is 1.86. The van der Waals surface area contributed by atoms with Crippen molar-refractivity contribution in [3.05, 3.63) is 53.2 Å². The van der Waals surface area contributed by atoms with E-state index in [0.29, 0.717) is 17.8 Å². The Hall–Kier alpha value is -2.50. The van der Waals surface area contributed by atoms with Gasteiger partial charge in [-0.1, -0.05) is 6.92 Å². The van der Waals surface area contributed by atoms with Gasteiger partial charge in [0.15, 0.2) is 0 Å². The first-order chi connectivity index (χ1) is 10.0. The summed E-state index contributed by atoms with van der Waals surface area (Å²) in [5, 5.41) is 5.34. The number of aryl methyl sites for hydroxylation is 1. The van der Waals surface area contributed by atoms with Gasteiger partial charge in [0.05, 0.1) is 0 Å². The smallest absolute Gasteiger partial charge is 0.255 e. The lowest BCUT2D eigenvalue weighted by Crippen LogP contribution is -2.13. The molecular weight excluding hydrogens is 276 g/mol. The molecule has 110 valence electrons. The molecule has 1 aromatic carbocycles. The molecule has 2 aromatic rings. The molecule has 2 rings (SSSR count). The average Bonchev–Trinajstić information content (AvgIpc) is 2.45. The Morgan fingerprint density at radius 1 is 1.14 bits per heavy atom. The van der Waals surface area contributed by atoms with E-state index < -0.39 is 17.5 Å². The van der Waals surface area contributed by atoms with Gasteiger partial charge in [0.2, 0.25) is 0 Å². The second-order valence-electron chi connectivity index (χ2n) is 4.45. The molecule has 1 aromatic heterocycles. The maximum Gasteiger partial charge on any atom is 0.255 e. The van der Waals surface area contributed by atoms with Crippen LogP contribution in [0.2, 0.25) is 0 Å². The fraction of sp³-hybridized carbons (Fsp3) is 0.200. The van der Waals surface area contributed by atoms with Crippen LogP contribution in [0.15, 0.2) is 30.3 Å². The van der Waals surface area contributed by atoms with Crippen molar-refractivity contribution in [3.63, 3.8) is 0 Å². The zero-order valence-electron chi connectivity index (χ0n) is 11.7. The average molecular weight is 291 g/mol. The summed E-state index contributed by atoms with van der Waals surface area (Å²) in [6.07, 6.45) is 0.671. The van der Waals surface area contributed by atoms with E-state index in [9.17, 15) is 13.6 Å².